The van der Waals surface area contributed by atoms with Gasteiger partial charge in [-0.15, -0.1) is 0 Å². The van der Waals surface area contributed by atoms with E-state index in [4.69, 9.17) is 4.79 Å². The van der Waals surface area contributed by atoms with Crippen molar-refractivity contribution in [1.29, 1.82) is 0 Å². The van der Waals surface area contributed by atoms with Gasteiger partial charge in [0.15, 0.2) is 0 Å². The summed E-state index contributed by atoms with van der Waals surface area (Å²) in [6.07, 6.45) is 0. The molecule has 210 valence electrons. The van der Waals surface area contributed by atoms with E-state index in [9.17, 15) is 0 Å². The molecule has 6 aromatic rings. The Morgan fingerprint density at radius 1 is 0.310 bits per heavy atom. The van der Waals surface area contributed by atoms with Crippen molar-refractivity contribution in [3.8, 4) is 0 Å². The molecule has 1 nitrogen and oxygen atoms in total. The van der Waals surface area contributed by atoms with E-state index < -0.39 is 15.8 Å². The summed E-state index contributed by atoms with van der Waals surface area (Å²) in [6, 6.07) is 64.7. The first kappa shape index (κ1) is 33.0. The van der Waals surface area contributed by atoms with Gasteiger partial charge in [-0.3, -0.25) is 4.79 Å². The van der Waals surface area contributed by atoms with Crippen LogP contribution in [0.4, 0.5) is 0 Å². The molecule has 6 aromatic carbocycles. The molecule has 0 bridgehead atoms. The zero-order valence-corrected chi connectivity index (χ0v) is 27.6. The van der Waals surface area contributed by atoms with Crippen LogP contribution in [0.2, 0.25) is 5.44 Å². The maximum absolute atomic E-state index is 7.50. The van der Waals surface area contributed by atoms with Crippen molar-refractivity contribution >= 4 is 54.5 Å². The van der Waals surface area contributed by atoms with Crippen molar-refractivity contribution in [2.75, 3.05) is 0 Å². The minimum Gasteiger partial charge on any atom is -0.281 e. The number of hydrogen-bond donors (Lipinski definition) is 0. The molecule has 0 spiro atoms. The molecular weight excluding hydrogens is 727 g/mol. The minimum absolute atomic E-state index is 0.446. The Balaban J connectivity index is 0.000000206. The van der Waals surface area contributed by atoms with Crippen molar-refractivity contribution in [3.05, 3.63) is 182 Å². The molecule has 0 atom stereocenters. The van der Waals surface area contributed by atoms with Crippen LogP contribution in [0.3, 0.4) is 0 Å². The average molecular weight is 760 g/mol. The van der Waals surface area contributed by atoms with Crippen molar-refractivity contribution in [2.45, 2.75) is 5.44 Å². The van der Waals surface area contributed by atoms with Crippen LogP contribution < -0.4 is 31.8 Å². The third-order valence-electron chi connectivity index (χ3n) is 6.09. The van der Waals surface area contributed by atoms with Crippen LogP contribution in [0.25, 0.3) is 0 Å². The van der Waals surface area contributed by atoms with Gasteiger partial charge in [0.05, 0.1) is 0 Å². The third kappa shape index (κ3) is 9.80. The Morgan fingerprint density at radius 2 is 0.429 bits per heavy atom. The van der Waals surface area contributed by atoms with Crippen LogP contribution in [0, 0.1) is 0 Å². The van der Waals surface area contributed by atoms with E-state index in [0.717, 1.165) is 0 Å². The standard InChI is InChI=1S/2C18H15P.CO.CH3.Ir/c2*1-4-10-16(11-5-1)19(17-12-6-2-7-13-17)18-14-8-3-9-15-18;1-2;;/h2*1-15H;;1H3;. The number of carbonyl (C=O) groups excluding carboxylic acids is 1. The van der Waals surface area contributed by atoms with Gasteiger partial charge in [-0.05, 0) is 47.7 Å². The van der Waals surface area contributed by atoms with Crippen LogP contribution in [0.15, 0.2) is 182 Å². The summed E-state index contributed by atoms with van der Waals surface area (Å²) >= 11 is 2.00. The molecule has 2 radical (unpaired) electrons. The van der Waals surface area contributed by atoms with Crippen LogP contribution in [0.1, 0.15) is 0 Å². The van der Waals surface area contributed by atoms with Gasteiger partial charge in [0.1, 0.15) is 0 Å². The van der Waals surface area contributed by atoms with Crippen molar-refractivity contribution in [1.82, 2.24) is 0 Å². The molecule has 42 heavy (non-hydrogen) atoms. The van der Waals surface area contributed by atoms with Gasteiger partial charge in [0, 0.05) is 0 Å². The summed E-state index contributed by atoms with van der Waals surface area (Å²) in [5, 5.41) is 8.39. The molecule has 0 saturated carbocycles. The van der Waals surface area contributed by atoms with E-state index in [1.165, 1.54) is 31.8 Å². The first-order chi connectivity index (χ1) is 20.9. The van der Waals surface area contributed by atoms with Crippen LogP contribution in [0.5, 0.6) is 0 Å². The summed E-state index contributed by atoms with van der Waals surface area (Å²) in [5.74, 6) is 0. The van der Waals surface area contributed by atoms with Crippen LogP contribution in [-0.2, 0) is 23.7 Å². The Bertz CT molecular complexity index is 1200. The Hall–Kier alpha value is -3.50. The van der Waals surface area contributed by atoms with E-state index in [2.05, 4.69) is 189 Å². The quantitative estimate of drug-likeness (QED) is 0.166. The first-order valence-electron chi connectivity index (χ1n) is 13.3. The summed E-state index contributed by atoms with van der Waals surface area (Å²) in [7, 11) is -0.892. The monoisotopic (exact) mass is 760 g/mol. The molecular formula is C38H33IrOP2. The number of hydrogen-bond acceptors (Lipinski definition) is 1. The average Bonchev–Trinajstić information content (AvgIpc) is 3.10. The Labute approximate surface area is 264 Å². The van der Waals surface area contributed by atoms with Gasteiger partial charge in [-0.1, -0.05) is 182 Å². The SMILES string of the molecule is [CH3][Ir].[C]=O.c1ccc(P(c2ccccc2)c2ccccc2)cc1.c1ccc(P(c2ccccc2)c2ccccc2)cc1. The molecule has 0 amide bonds. The molecule has 0 fully saturated rings. The van der Waals surface area contributed by atoms with Gasteiger partial charge in [-0.25, -0.2) is 0 Å². The van der Waals surface area contributed by atoms with Crippen molar-refractivity contribution < 1.29 is 23.7 Å². The second kappa shape index (κ2) is 19.6. The molecule has 0 aliphatic carbocycles. The van der Waals surface area contributed by atoms with E-state index >= 15 is 0 Å². The molecule has 4 heteroatoms. The Kier molecular flexibility index (Phi) is 15.4. The fraction of sp³-hybridized carbons (Fsp3) is 0.0263. The maximum atomic E-state index is 7.50. The topological polar surface area (TPSA) is 17.1 Å². The molecule has 0 saturated heterocycles. The van der Waals surface area contributed by atoms with Gasteiger partial charge in [-0.2, -0.15) is 0 Å². The second-order valence-corrected chi connectivity index (χ2v) is 13.1. The van der Waals surface area contributed by atoms with Crippen LogP contribution in [-0.4, -0.2) is 6.79 Å². The van der Waals surface area contributed by atoms with E-state index in [1.807, 2.05) is 24.3 Å². The predicted molar refractivity (Wildman–Crippen MR) is 182 cm³/mol. The molecule has 0 aliphatic heterocycles. The fourth-order valence-electron chi connectivity index (χ4n) is 4.36. The largest absolute Gasteiger partial charge is 0.281 e. The summed E-state index contributed by atoms with van der Waals surface area (Å²) in [6.45, 7) is 4.50. The van der Waals surface area contributed by atoms with Gasteiger partial charge < -0.3 is 0 Å². The maximum Gasteiger partial charge on any atom is 0.281 e. The molecule has 0 N–H and O–H groups in total. The van der Waals surface area contributed by atoms with Crippen LogP contribution >= 0.6 is 15.8 Å². The zero-order chi connectivity index (χ0) is 29.8. The Morgan fingerprint density at radius 3 is 0.548 bits per heavy atom. The van der Waals surface area contributed by atoms with Crippen molar-refractivity contribution in [2.24, 2.45) is 0 Å². The molecule has 0 heterocycles. The van der Waals surface area contributed by atoms with E-state index in [0.29, 0.717) is 0 Å². The fourth-order valence-corrected chi connectivity index (χ4v) is 8.97. The smallest absolute Gasteiger partial charge is 0.281 e. The molecule has 6 rings (SSSR count). The minimum atomic E-state index is -0.446. The van der Waals surface area contributed by atoms with Gasteiger partial charge in [0.25, 0.3) is 6.79 Å². The molecule has 0 aromatic heterocycles. The third-order valence-corrected chi connectivity index (χ3v) is 11.0. The van der Waals surface area contributed by atoms with Gasteiger partial charge >= 0.3 is 24.3 Å². The predicted octanol–water partition coefficient (Wildman–Crippen LogP) is 7.07. The molecule has 0 unspecified atom stereocenters. The first-order valence-corrected chi connectivity index (χ1v) is 18.4. The summed E-state index contributed by atoms with van der Waals surface area (Å²) < 4.78 is 0. The van der Waals surface area contributed by atoms with E-state index in [-0.39, 0.29) is 0 Å². The number of rotatable bonds is 6. The zero-order valence-electron chi connectivity index (χ0n) is 23.5. The van der Waals surface area contributed by atoms with Crippen molar-refractivity contribution in [3.63, 3.8) is 0 Å². The second-order valence-electron chi connectivity index (χ2n) is 8.68. The normalized spacial score (nSPS) is 9.83. The molecule has 0 aliphatic rings. The summed E-state index contributed by atoms with van der Waals surface area (Å²) in [5.41, 5.74) is 2.00. The summed E-state index contributed by atoms with van der Waals surface area (Å²) in [4.78, 5) is 7.50. The van der Waals surface area contributed by atoms with Gasteiger partial charge in [0.2, 0.25) is 0 Å². The number of benzene rings is 6. The van der Waals surface area contributed by atoms with E-state index in [1.54, 1.807) is 0 Å².